The molecule has 0 saturated carbocycles. The second-order valence-electron chi connectivity index (χ2n) is 14.9. The number of hydrogen-bond donors (Lipinski definition) is 1. The van der Waals surface area contributed by atoms with Crippen LogP contribution in [0.1, 0.15) is 81.4 Å². The number of hydrogen-bond acceptors (Lipinski definition) is 7. The first-order valence-electron chi connectivity index (χ1n) is 17.8. The topological polar surface area (TPSA) is 118 Å². The Balaban J connectivity index is 1.45. The highest BCUT2D eigenvalue weighted by Gasteiger charge is 2.48. The fraction of sp³-hybridized carbons (Fsp3) is 0.450. The summed E-state index contributed by atoms with van der Waals surface area (Å²) in [5, 5.41) is 2.70. The first-order valence-corrected chi connectivity index (χ1v) is 18.6. The fourth-order valence-corrected chi connectivity index (χ4v) is 7.12. The Hall–Kier alpha value is -4.65. The number of carbonyl (C=O) groups excluding carboxylic acids is 4. The lowest BCUT2D eigenvalue weighted by atomic mass is 9.90. The van der Waals surface area contributed by atoms with Gasteiger partial charge in [0.05, 0.1) is 11.7 Å². The molecule has 0 aliphatic carbocycles. The number of aryl methyl sites for hydroxylation is 1. The molecule has 3 aromatic carbocycles. The third kappa shape index (κ3) is 9.12. The fourth-order valence-electron chi connectivity index (χ4n) is 6.76. The van der Waals surface area contributed by atoms with Gasteiger partial charge in [0.15, 0.2) is 0 Å². The number of fused-ring (bicyclic) bond motifs is 1. The monoisotopic (exact) mass is 794 g/mol. The summed E-state index contributed by atoms with van der Waals surface area (Å²) in [5.41, 5.74) is -0.337. The average molecular weight is 796 g/mol. The SMILES string of the molecule is Cc1cc2c(cc1C(=O)N(C(C)C)[C@@H]1CCCN(C(=O)OC(C)(C)C)C1)N(CCNC(=O)OCc1ccccc1)C(=O)C(C)(c1cc(Br)ccc1F)O2. The van der Waals surface area contributed by atoms with Gasteiger partial charge in [-0.3, -0.25) is 9.59 Å². The third-order valence-corrected chi connectivity index (χ3v) is 9.78. The minimum absolute atomic E-state index is 0.00625. The molecule has 3 aromatic rings. The molecule has 284 valence electrons. The van der Waals surface area contributed by atoms with E-state index in [0.29, 0.717) is 47.2 Å². The van der Waals surface area contributed by atoms with E-state index in [-0.39, 0.29) is 49.0 Å². The molecule has 2 heterocycles. The van der Waals surface area contributed by atoms with E-state index in [1.54, 1.807) is 28.9 Å². The zero-order chi connectivity index (χ0) is 38.7. The Morgan fingerprint density at radius 2 is 1.83 bits per heavy atom. The number of nitrogens with zero attached hydrogens (tertiary/aromatic N) is 3. The van der Waals surface area contributed by atoms with Gasteiger partial charge in [0.25, 0.3) is 11.8 Å². The molecule has 53 heavy (non-hydrogen) atoms. The Labute approximate surface area is 318 Å². The van der Waals surface area contributed by atoms with Gasteiger partial charge in [0.2, 0.25) is 5.60 Å². The van der Waals surface area contributed by atoms with E-state index >= 15 is 4.39 Å². The molecule has 1 N–H and O–H groups in total. The Bertz CT molecular complexity index is 1850. The lowest BCUT2D eigenvalue weighted by molar-refractivity contribution is -0.135. The molecule has 2 aliphatic rings. The molecule has 5 rings (SSSR count). The second-order valence-corrected chi connectivity index (χ2v) is 15.8. The zero-order valence-electron chi connectivity index (χ0n) is 31.3. The molecule has 0 radical (unpaired) electrons. The molecule has 4 amide bonds. The lowest BCUT2D eigenvalue weighted by Crippen LogP contribution is -2.55. The number of nitrogens with one attached hydrogen (secondary N) is 1. The molecular formula is C40H48BrFN4O7. The van der Waals surface area contributed by atoms with Crippen LogP contribution < -0.4 is 15.0 Å². The first-order chi connectivity index (χ1) is 25.0. The number of ether oxygens (including phenoxy) is 3. The van der Waals surface area contributed by atoms with E-state index in [2.05, 4.69) is 21.2 Å². The highest BCUT2D eigenvalue weighted by molar-refractivity contribution is 9.10. The minimum atomic E-state index is -1.77. The van der Waals surface area contributed by atoms with E-state index in [4.69, 9.17) is 14.2 Å². The number of likely N-dealkylation sites (tertiary alicyclic amines) is 1. The van der Waals surface area contributed by atoms with Gasteiger partial charge in [-0.1, -0.05) is 46.3 Å². The van der Waals surface area contributed by atoms with E-state index in [9.17, 15) is 19.2 Å². The standard InChI is InChI=1S/C40H48BrFN4O7/c1-25(2)46(29-14-11-18-44(23-29)38(50)53-39(4,5)6)35(47)30-22-33-34(20-26(30)3)52-40(7,31-21-28(41)15-16-32(31)42)36(48)45(33)19-17-43-37(49)51-24-27-12-9-8-10-13-27/h8-10,12-13,15-16,20-22,25,29H,11,14,17-19,23-24H2,1-7H3,(H,43,49)/t29-,40?/m1/s1. The van der Waals surface area contributed by atoms with Gasteiger partial charge in [-0.05, 0) is 103 Å². The van der Waals surface area contributed by atoms with Crippen LogP contribution in [0.25, 0.3) is 0 Å². The molecule has 1 saturated heterocycles. The van der Waals surface area contributed by atoms with Gasteiger partial charge in [-0.15, -0.1) is 0 Å². The molecular weight excluding hydrogens is 747 g/mol. The van der Waals surface area contributed by atoms with Crippen LogP contribution >= 0.6 is 15.9 Å². The summed E-state index contributed by atoms with van der Waals surface area (Å²) >= 11 is 3.38. The maximum Gasteiger partial charge on any atom is 0.410 e. The smallest absolute Gasteiger partial charge is 0.410 e. The van der Waals surface area contributed by atoms with Crippen molar-refractivity contribution in [3.05, 3.63) is 93.2 Å². The summed E-state index contributed by atoms with van der Waals surface area (Å²) in [6, 6.07) is 16.3. The van der Waals surface area contributed by atoms with E-state index in [0.717, 1.165) is 5.56 Å². The second kappa shape index (κ2) is 16.2. The number of rotatable bonds is 9. The quantitative estimate of drug-likeness (QED) is 0.236. The van der Waals surface area contributed by atoms with Crippen molar-refractivity contribution in [2.45, 2.75) is 91.2 Å². The van der Waals surface area contributed by atoms with Crippen molar-refractivity contribution in [1.82, 2.24) is 15.1 Å². The predicted octanol–water partition coefficient (Wildman–Crippen LogP) is 7.71. The summed E-state index contributed by atoms with van der Waals surface area (Å²) in [6.45, 7) is 13.5. The van der Waals surface area contributed by atoms with Crippen molar-refractivity contribution < 1.29 is 37.8 Å². The molecule has 1 unspecified atom stereocenters. The largest absolute Gasteiger partial charge is 0.471 e. The molecule has 0 spiro atoms. The number of benzene rings is 3. The lowest BCUT2D eigenvalue weighted by Gasteiger charge is -2.43. The summed E-state index contributed by atoms with van der Waals surface area (Å²) in [7, 11) is 0. The Kier molecular flexibility index (Phi) is 12.1. The number of amides is 4. The summed E-state index contributed by atoms with van der Waals surface area (Å²) < 4.78 is 33.3. The molecule has 0 bridgehead atoms. The Morgan fingerprint density at radius 3 is 2.51 bits per heavy atom. The highest BCUT2D eigenvalue weighted by Crippen LogP contribution is 2.45. The average Bonchev–Trinajstić information content (AvgIpc) is 3.09. The van der Waals surface area contributed by atoms with Crippen molar-refractivity contribution in [1.29, 1.82) is 0 Å². The van der Waals surface area contributed by atoms with Crippen LogP contribution in [0.2, 0.25) is 0 Å². The summed E-state index contributed by atoms with van der Waals surface area (Å²) in [5.74, 6) is -1.20. The predicted molar refractivity (Wildman–Crippen MR) is 202 cm³/mol. The molecule has 13 heteroatoms. The van der Waals surface area contributed by atoms with Crippen molar-refractivity contribution in [3.8, 4) is 5.75 Å². The number of alkyl carbamates (subject to hydrolysis) is 1. The first kappa shape index (κ1) is 39.6. The highest BCUT2D eigenvalue weighted by atomic mass is 79.9. The molecule has 1 fully saturated rings. The van der Waals surface area contributed by atoms with Crippen LogP contribution in [-0.4, -0.2) is 77.7 Å². The maximum absolute atomic E-state index is 15.4. The molecule has 0 aromatic heterocycles. The van der Waals surface area contributed by atoms with Gasteiger partial charge in [0, 0.05) is 47.8 Å². The van der Waals surface area contributed by atoms with Crippen molar-refractivity contribution in [2.24, 2.45) is 0 Å². The molecule has 2 aliphatic heterocycles. The molecule has 11 nitrogen and oxygen atoms in total. The van der Waals surface area contributed by atoms with Crippen LogP contribution in [0.3, 0.4) is 0 Å². The van der Waals surface area contributed by atoms with E-state index in [1.807, 2.05) is 65.0 Å². The van der Waals surface area contributed by atoms with E-state index < -0.39 is 35.1 Å². The number of anilines is 1. The Morgan fingerprint density at radius 1 is 1.11 bits per heavy atom. The van der Waals surface area contributed by atoms with Crippen molar-refractivity contribution in [3.63, 3.8) is 0 Å². The van der Waals surface area contributed by atoms with Crippen LogP contribution in [0.15, 0.2) is 65.1 Å². The maximum atomic E-state index is 15.4. The summed E-state index contributed by atoms with van der Waals surface area (Å²) in [6.07, 6.45) is 0.308. The van der Waals surface area contributed by atoms with Crippen LogP contribution in [0.4, 0.5) is 19.7 Å². The number of piperidine rings is 1. The van der Waals surface area contributed by atoms with Gasteiger partial charge < -0.3 is 34.2 Å². The summed E-state index contributed by atoms with van der Waals surface area (Å²) in [4.78, 5) is 59.4. The van der Waals surface area contributed by atoms with E-state index in [1.165, 1.54) is 30.0 Å². The molecule has 2 atom stereocenters. The van der Waals surface area contributed by atoms with Crippen LogP contribution in [0, 0.1) is 12.7 Å². The normalized spacial score (nSPS) is 18.6. The van der Waals surface area contributed by atoms with Gasteiger partial charge in [0.1, 0.15) is 23.8 Å². The van der Waals surface area contributed by atoms with Gasteiger partial charge in [-0.25, -0.2) is 14.0 Å². The van der Waals surface area contributed by atoms with Gasteiger partial charge >= 0.3 is 12.2 Å². The van der Waals surface area contributed by atoms with Crippen molar-refractivity contribution in [2.75, 3.05) is 31.1 Å². The number of halogens is 2. The number of carbonyl (C=O) groups is 4. The van der Waals surface area contributed by atoms with Crippen molar-refractivity contribution >= 4 is 45.6 Å². The zero-order valence-corrected chi connectivity index (χ0v) is 32.9. The third-order valence-electron chi connectivity index (χ3n) is 9.29. The minimum Gasteiger partial charge on any atom is -0.471 e. The van der Waals surface area contributed by atoms with Crippen LogP contribution in [-0.2, 0) is 26.5 Å². The van der Waals surface area contributed by atoms with Crippen LogP contribution in [0.5, 0.6) is 5.75 Å². The van der Waals surface area contributed by atoms with Gasteiger partial charge in [-0.2, -0.15) is 0 Å².